The highest BCUT2D eigenvalue weighted by Crippen LogP contribution is 2.11. The molecular weight excluding hydrogens is 255 g/mol. The SMILES string of the molecule is CCCCCCC(C)NCc1ccc(C(N)=O)cc1F. The van der Waals surface area contributed by atoms with Crippen LogP contribution in [0, 0.1) is 5.82 Å². The minimum atomic E-state index is -0.604. The van der Waals surface area contributed by atoms with Crippen molar-refractivity contribution in [1.82, 2.24) is 5.32 Å². The Bertz CT molecular complexity index is 434. The van der Waals surface area contributed by atoms with Crippen LogP contribution in [0.4, 0.5) is 4.39 Å². The fourth-order valence-electron chi connectivity index (χ4n) is 2.11. The summed E-state index contributed by atoms with van der Waals surface area (Å²) < 4.78 is 13.8. The zero-order valence-electron chi connectivity index (χ0n) is 12.4. The second kappa shape index (κ2) is 8.69. The minimum absolute atomic E-state index is 0.207. The van der Waals surface area contributed by atoms with Crippen LogP contribution in [0.3, 0.4) is 0 Å². The quantitative estimate of drug-likeness (QED) is 0.681. The van der Waals surface area contributed by atoms with Gasteiger partial charge in [0.15, 0.2) is 0 Å². The van der Waals surface area contributed by atoms with E-state index < -0.39 is 5.91 Å². The van der Waals surface area contributed by atoms with Crippen LogP contribution in [-0.4, -0.2) is 11.9 Å². The standard InChI is InChI=1S/C16H25FN2O/c1-3-4-5-6-7-12(2)19-11-14-9-8-13(16(18)20)10-15(14)17/h8-10,12,19H,3-7,11H2,1-2H3,(H2,18,20). The first kappa shape index (κ1) is 16.6. The number of unbranched alkanes of at least 4 members (excludes halogenated alkanes) is 3. The molecule has 0 spiro atoms. The third-order valence-electron chi connectivity index (χ3n) is 3.47. The fourth-order valence-corrected chi connectivity index (χ4v) is 2.11. The first-order valence-electron chi connectivity index (χ1n) is 7.36. The summed E-state index contributed by atoms with van der Waals surface area (Å²) in [6, 6.07) is 4.74. The maximum Gasteiger partial charge on any atom is 0.248 e. The summed E-state index contributed by atoms with van der Waals surface area (Å²) in [5.41, 5.74) is 5.89. The normalized spacial score (nSPS) is 12.3. The molecule has 3 N–H and O–H groups in total. The van der Waals surface area contributed by atoms with Crippen LogP contribution in [-0.2, 0) is 6.54 Å². The summed E-state index contributed by atoms with van der Waals surface area (Å²) in [5, 5.41) is 3.31. The number of hydrogen-bond donors (Lipinski definition) is 2. The lowest BCUT2D eigenvalue weighted by molar-refractivity contribution is 0.1000. The van der Waals surface area contributed by atoms with Crippen molar-refractivity contribution >= 4 is 5.91 Å². The zero-order valence-corrected chi connectivity index (χ0v) is 12.4. The maximum absolute atomic E-state index is 13.8. The van der Waals surface area contributed by atoms with Crippen molar-refractivity contribution in [1.29, 1.82) is 0 Å². The smallest absolute Gasteiger partial charge is 0.248 e. The zero-order chi connectivity index (χ0) is 15.0. The number of hydrogen-bond acceptors (Lipinski definition) is 2. The molecule has 1 atom stereocenters. The number of benzene rings is 1. The largest absolute Gasteiger partial charge is 0.366 e. The Kier molecular flexibility index (Phi) is 7.23. The van der Waals surface area contributed by atoms with Gasteiger partial charge in [-0.05, 0) is 25.5 Å². The average Bonchev–Trinajstić information content (AvgIpc) is 2.42. The molecule has 1 aromatic rings. The molecule has 0 aliphatic carbocycles. The van der Waals surface area contributed by atoms with Crippen molar-refractivity contribution in [2.45, 2.75) is 58.5 Å². The van der Waals surface area contributed by atoms with Gasteiger partial charge in [0.05, 0.1) is 0 Å². The molecule has 0 aliphatic rings. The number of nitrogens with two attached hydrogens (primary N) is 1. The first-order chi connectivity index (χ1) is 9.54. The first-order valence-corrected chi connectivity index (χ1v) is 7.36. The highest BCUT2D eigenvalue weighted by molar-refractivity contribution is 5.92. The van der Waals surface area contributed by atoms with Gasteiger partial charge in [-0.25, -0.2) is 4.39 Å². The van der Waals surface area contributed by atoms with Gasteiger partial charge in [-0.3, -0.25) is 4.79 Å². The summed E-state index contributed by atoms with van der Waals surface area (Å²) >= 11 is 0. The highest BCUT2D eigenvalue weighted by Gasteiger charge is 2.08. The van der Waals surface area contributed by atoms with E-state index in [1.807, 2.05) is 0 Å². The van der Waals surface area contributed by atoms with Crippen molar-refractivity contribution in [2.24, 2.45) is 5.73 Å². The average molecular weight is 280 g/mol. The number of primary amides is 1. The molecule has 4 heteroatoms. The van der Waals surface area contributed by atoms with E-state index in [-0.39, 0.29) is 11.4 Å². The molecule has 1 amide bonds. The van der Waals surface area contributed by atoms with Gasteiger partial charge in [0.2, 0.25) is 5.91 Å². The fraction of sp³-hybridized carbons (Fsp3) is 0.562. The van der Waals surface area contributed by atoms with Crippen LogP contribution in [0.25, 0.3) is 0 Å². The van der Waals surface area contributed by atoms with Gasteiger partial charge in [-0.1, -0.05) is 38.7 Å². The third-order valence-corrected chi connectivity index (χ3v) is 3.47. The van der Waals surface area contributed by atoms with E-state index in [1.165, 1.54) is 31.7 Å². The van der Waals surface area contributed by atoms with Gasteiger partial charge in [-0.15, -0.1) is 0 Å². The second-order valence-corrected chi connectivity index (χ2v) is 5.30. The molecule has 0 heterocycles. The Morgan fingerprint density at radius 1 is 1.35 bits per heavy atom. The van der Waals surface area contributed by atoms with E-state index in [0.717, 1.165) is 6.42 Å². The number of carbonyl (C=O) groups is 1. The third kappa shape index (κ3) is 5.70. The minimum Gasteiger partial charge on any atom is -0.366 e. The number of carbonyl (C=O) groups excluding carboxylic acids is 1. The second-order valence-electron chi connectivity index (χ2n) is 5.30. The maximum atomic E-state index is 13.8. The van der Waals surface area contributed by atoms with E-state index in [2.05, 4.69) is 19.2 Å². The monoisotopic (exact) mass is 280 g/mol. The number of amides is 1. The summed E-state index contributed by atoms with van der Waals surface area (Å²) in [5.74, 6) is -0.986. The van der Waals surface area contributed by atoms with Crippen molar-refractivity contribution in [2.75, 3.05) is 0 Å². The van der Waals surface area contributed by atoms with E-state index in [9.17, 15) is 9.18 Å². The Labute approximate surface area is 120 Å². The van der Waals surface area contributed by atoms with Crippen LogP contribution >= 0.6 is 0 Å². The van der Waals surface area contributed by atoms with Gasteiger partial charge in [0, 0.05) is 23.7 Å². The molecule has 1 aromatic carbocycles. The van der Waals surface area contributed by atoms with Crippen LogP contribution in [0.5, 0.6) is 0 Å². The van der Waals surface area contributed by atoms with E-state index in [0.29, 0.717) is 18.2 Å². The molecule has 0 saturated carbocycles. The van der Waals surface area contributed by atoms with E-state index in [4.69, 9.17) is 5.73 Å². The molecule has 0 aromatic heterocycles. The lowest BCUT2D eigenvalue weighted by atomic mass is 10.1. The summed E-state index contributed by atoms with van der Waals surface area (Å²) in [7, 11) is 0. The van der Waals surface area contributed by atoms with Gasteiger partial charge in [0.25, 0.3) is 0 Å². The molecule has 0 saturated heterocycles. The topological polar surface area (TPSA) is 55.1 Å². The van der Waals surface area contributed by atoms with Crippen LogP contribution in [0.15, 0.2) is 18.2 Å². The summed E-state index contributed by atoms with van der Waals surface area (Å²) in [6.45, 7) is 4.78. The predicted molar refractivity (Wildman–Crippen MR) is 80.0 cm³/mol. The number of halogens is 1. The van der Waals surface area contributed by atoms with Gasteiger partial charge in [0.1, 0.15) is 5.82 Å². The molecule has 0 aliphatic heterocycles. The lowest BCUT2D eigenvalue weighted by Crippen LogP contribution is -2.26. The number of rotatable bonds is 9. The van der Waals surface area contributed by atoms with Crippen LogP contribution < -0.4 is 11.1 Å². The van der Waals surface area contributed by atoms with Gasteiger partial charge < -0.3 is 11.1 Å². The Morgan fingerprint density at radius 3 is 2.70 bits per heavy atom. The van der Waals surface area contributed by atoms with Crippen molar-refractivity contribution in [3.05, 3.63) is 35.1 Å². The molecule has 112 valence electrons. The van der Waals surface area contributed by atoms with Crippen molar-refractivity contribution in [3.63, 3.8) is 0 Å². The highest BCUT2D eigenvalue weighted by atomic mass is 19.1. The van der Waals surface area contributed by atoms with Crippen LogP contribution in [0.1, 0.15) is 61.9 Å². The van der Waals surface area contributed by atoms with Crippen LogP contribution in [0.2, 0.25) is 0 Å². The van der Waals surface area contributed by atoms with E-state index >= 15 is 0 Å². The Balaban J connectivity index is 2.39. The van der Waals surface area contributed by atoms with Crippen molar-refractivity contribution in [3.8, 4) is 0 Å². The molecular formula is C16H25FN2O. The van der Waals surface area contributed by atoms with E-state index in [1.54, 1.807) is 12.1 Å². The molecule has 0 bridgehead atoms. The van der Waals surface area contributed by atoms with Crippen molar-refractivity contribution < 1.29 is 9.18 Å². The lowest BCUT2D eigenvalue weighted by Gasteiger charge is -2.14. The van der Waals surface area contributed by atoms with Gasteiger partial charge >= 0.3 is 0 Å². The van der Waals surface area contributed by atoms with Gasteiger partial charge in [-0.2, -0.15) is 0 Å². The summed E-state index contributed by atoms with van der Waals surface area (Å²) in [6.07, 6.45) is 6.06. The molecule has 1 unspecified atom stereocenters. The number of nitrogens with one attached hydrogen (secondary N) is 1. The molecule has 1 rings (SSSR count). The summed E-state index contributed by atoms with van der Waals surface area (Å²) in [4.78, 5) is 10.9. The molecule has 3 nitrogen and oxygen atoms in total. The Morgan fingerprint density at radius 2 is 2.10 bits per heavy atom. The predicted octanol–water partition coefficient (Wildman–Crippen LogP) is 3.37. The molecule has 0 radical (unpaired) electrons. The molecule has 20 heavy (non-hydrogen) atoms. The Hall–Kier alpha value is -1.42. The molecule has 0 fully saturated rings.